The van der Waals surface area contributed by atoms with Gasteiger partial charge in [0, 0.05) is 0 Å². The first-order chi connectivity index (χ1) is 28.1. The van der Waals surface area contributed by atoms with E-state index in [4.69, 9.17) is 0 Å². The number of halogens is 2. The van der Waals surface area contributed by atoms with E-state index in [-0.39, 0.29) is 32.2 Å². The SMILES string of the molecule is Cl.Cl.[CH2-]CC.[CH3-].[Si]=[Zr].c1ccc2cc(-c3cccc4[cH-]c(CC5CCCCC5)cc34)ccc2c1.c1ccc2cc(-c3cccc4[cH-]c(CC5CCCCC5)cc34)ccc2c1. The quantitative estimate of drug-likeness (QED) is 0.115. The van der Waals surface area contributed by atoms with Gasteiger partial charge in [0.2, 0.25) is 0 Å². The predicted molar refractivity (Wildman–Crippen MR) is 268 cm³/mol. The second-order valence-corrected chi connectivity index (χ2v) is 16.4. The smallest absolute Gasteiger partial charge is 0.0178 e. The molecule has 0 amide bonds. The molecule has 2 radical (unpaired) electrons. The van der Waals surface area contributed by atoms with Crippen LogP contribution in [0.2, 0.25) is 0 Å². The molecule has 0 unspecified atom stereocenters. The van der Waals surface area contributed by atoms with E-state index in [1.165, 1.54) is 177 Å². The van der Waals surface area contributed by atoms with Crippen molar-refractivity contribution in [3.8, 4) is 22.3 Å². The molecule has 0 spiro atoms. The Balaban J connectivity index is 0.000000229. The summed E-state index contributed by atoms with van der Waals surface area (Å²) >= 11 is 1.36. The van der Waals surface area contributed by atoms with Crippen LogP contribution < -0.4 is 0 Å². The Labute approximate surface area is 390 Å². The van der Waals surface area contributed by atoms with E-state index in [0.717, 1.165) is 18.3 Å². The molecule has 0 heterocycles. The van der Waals surface area contributed by atoms with Gasteiger partial charge in [0.15, 0.2) is 0 Å². The fourth-order valence-electron chi connectivity index (χ4n) is 9.50. The van der Waals surface area contributed by atoms with Gasteiger partial charge in [-0.25, -0.2) is 0 Å². The van der Waals surface area contributed by atoms with E-state index >= 15 is 0 Å². The summed E-state index contributed by atoms with van der Waals surface area (Å²) in [5, 5.41) is 10.9. The zero-order chi connectivity index (χ0) is 39.4. The molecule has 2 fully saturated rings. The molecule has 4 heteroatoms. The van der Waals surface area contributed by atoms with Crippen LogP contribution in [0, 0.1) is 26.2 Å². The molecule has 0 atom stereocenters. The van der Waals surface area contributed by atoms with E-state index in [1.54, 1.807) is 0 Å². The first-order valence-corrected chi connectivity index (χ1v) is 25.7. The summed E-state index contributed by atoms with van der Waals surface area (Å²) < 4.78 is 0. The Kier molecular flexibility index (Phi) is 20.6. The number of hydrogen-bond donors (Lipinski definition) is 0. The third kappa shape index (κ3) is 12.4. The van der Waals surface area contributed by atoms with Crippen LogP contribution in [0.4, 0.5) is 0 Å². The molecule has 0 N–H and O–H groups in total. The van der Waals surface area contributed by atoms with Crippen molar-refractivity contribution in [3.05, 3.63) is 171 Å². The second kappa shape index (κ2) is 25.0. The van der Waals surface area contributed by atoms with Crippen LogP contribution in [0.1, 0.15) is 88.7 Å². The van der Waals surface area contributed by atoms with E-state index in [1.807, 2.05) is 6.92 Å². The van der Waals surface area contributed by atoms with Crippen LogP contribution in [0.25, 0.3) is 65.3 Å². The molecule has 0 aliphatic heterocycles. The van der Waals surface area contributed by atoms with Gasteiger partial charge in [0.05, 0.1) is 0 Å². The van der Waals surface area contributed by atoms with Crippen LogP contribution in [0.3, 0.4) is 0 Å². The summed E-state index contributed by atoms with van der Waals surface area (Å²) in [4.78, 5) is 0. The Morgan fingerprint density at radius 3 is 1.25 bits per heavy atom. The fourth-order valence-corrected chi connectivity index (χ4v) is 9.50. The molecule has 312 valence electrons. The number of benzene rings is 6. The first kappa shape index (κ1) is 49.4. The summed E-state index contributed by atoms with van der Waals surface area (Å²) in [6.07, 6.45) is 17.7. The minimum absolute atomic E-state index is 0. The van der Waals surface area contributed by atoms with E-state index in [2.05, 4.69) is 159 Å². The number of rotatable bonds is 6. The molecular formula is C56H62Cl2SiZr-4. The van der Waals surface area contributed by atoms with Crippen molar-refractivity contribution < 1.29 is 23.3 Å². The maximum Gasteiger partial charge on any atom is -0.0178 e. The van der Waals surface area contributed by atoms with Gasteiger partial charge in [-0.1, -0.05) is 167 Å². The molecule has 2 aliphatic rings. The van der Waals surface area contributed by atoms with Crippen LogP contribution >= 0.6 is 24.8 Å². The van der Waals surface area contributed by atoms with Crippen molar-refractivity contribution in [1.82, 2.24) is 0 Å². The molecule has 2 aliphatic carbocycles. The molecule has 0 bridgehead atoms. The maximum atomic E-state index is 3.49. The zero-order valence-electron chi connectivity index (χ0n) is 35.7. The third-order valence-corrected chi connectivity index (χ3v) is 12.2. The largest absolute Gasteiger partial charge is 0.164 e. The fraction of sp³-hybridized carbons (Fsp3) is 0.286. The Morgan fingerprint density at radius 1 is 0.500 bits per heavy atom. The van der Waals surface area contributed by atoms with Crippen molar-refractivity contribution in [2.45, 2.75) is 90.4 Å². The summed E-state index contributed by atoms with van der Waals surface area (Å²) in [5.74, 6) is 1.79. The van der Waals surface area contributed by atoms with Gasteiger partial charge in [-0.05, 0) is 69.5 Å². The average Bonchev–Trinajstić information content (AvgIpc) is 3.88. The Hall–Kier alpha value is -3.26. The molecule has 10 rings (SSSR count). The van der Waals surface area contributed by atoms with Gasteiger partial charge in [-0.3, -0.25) is 0 Å². The minimum atomic E-state index is 0. The molecule has 60 heavy (non-hydrogen) atoms. The normalized spacial score (nSPS) is 13.9. The predicted octanol–water partition coefficient (Wildman–Crippen LogP) is 17.1. The third-order valence-electron chi connectivity index (χ3n) is 12.2. The summed E-state index contributed by atoms with van der Waals surface area (Å²) in [6.45, 7) is 8.56. The molecular weight excluding hydrogens is 863 g/mol. The van der Waals surface area contributed by atoms with Crippen molar-refractivity contribution in [2.24, 2.45) is 11.8 Å². The molecule has 8 aromatic rings. The van der Waals surface area contributed by atoms with Gasteiger partial charge in [-0.15, -0.1) is 93.9 Å². The Morgan fingerprint density at radius 2 is 0.867 bits per heavy atom. The summed E-state index contributed by atoms with van der Waals surface area (Å²) in [5.41, 5.74) is 8.43. The molecule has 2 saturated carbocycles. The van der Waals surface area contributed by atoms with E-state index in [0.29, 0.717) is 0 Å². The molecule has 0 aromatic heterocycles. The average molecular weight is 925 g/mol. The standard InChI is InChI=1S/2C26H25.C3H7.CH3.2ClH.Si.Zr/c2*1-2-7-19(8-3-1)15-20-16-23-11-6-12-25(26(23)17-20)24-14-13-21-9-4-5-10-22(21)18-24;1-3-2;;;;;/h2*4-6,9-14,16-19H,1-3,7-8,15H2;1,3H2,2H3;1H3;2*1H;;/q4*-1;;;;. The van der Waals surface area contributed by atoms with Gasteiger partial charge in [-0.2, -0.15) is 18.6 Å². The number of hydrogen-bond acceptors (Lipinski definition) is 0. The molecule has 8 aromatic carbocycles. The van der Waals surface area contributed by atoms with Crippen molar-refractivity contribution in [2.75, 3.05) is 0 Å². The Bertz CT molecular complexity index is 2320. The molecule has 0 nitrogen and oxygen atoms in total. The summed E-state index contributed by atoms with van der Waals surface area (Å²) in [6, 6.07) is 54.2. The van der Waals surface area contributed by atoms with Crippen LogP contribution in [0.5, 0.6) is 0 Å². The minimum Gasteiger partial charge on any atom is -0.164 e. The maximum absolute atomic E-state index is 3.49. The zero-order valence-corrected chi connectivity index (χ0v) is 40.8. The second-order valence-electron chi connectivity index (χ2n) is 16.4. The van der Waals surface area contributed by atoms with Crippen LogP contribution in [0.15, 0.2) is 146 Å². The monoisotopic (exact) mass is 922 g/mol. The van der Waals surface area contributed by atoms with Crippen LogP contribution in [-0.4, -0.2) is 6.88 Å². The van der Waals surface area contributed by atoms with Gasteiger partial charge < -0.3 is 14.4 Å². The van der Waals surface area contributed by atoms with Crippen LogP contribution in [-0.2, 0) is 36.2 Å². The van der Waals surface area contributed by atoms with E-state index in [9.17, 15) is 0 Å². The van der Waals surface area contributed by atoms with Crippen molar-refractivity contribution >= 4 is 74.8 Å². The van der Waals surface area contributed by atoms with Crippen molar-refractivity contribution in [3.63, 3.8) is 0 Å². The topological polar surface area (TPSA) is 0 Å². The molecule has 0 saturated heterocycles. The van der Waals surface area contributed by atoms with Gasteiger partial charge in [0.25, 0.3) is 0 Å². The summed E-state index contributed by atoms with van der Waals surface area (Å²) in [7, 11) is 0. The van der Waals surface area contributed by atoms with Crippen molar-refractivity contribution in [1.29, 1.82) is 0 Å². The van der Waals surface area contributed by atoms with E-state index < -0.39 is 0 Å². The first-order valence-electron chi connectivity index (χ1n) is 21.5. The number of fused-ring (bicyclic) bond motifs is 4. The van der Waals surface area contributed by atoms with Gasteiger partial charge in [0.1, 0.15) is 0 Å². The van der Waals surface area contributed by atoms with Gasteiger partial charge >= 0.3 is 30.2 Å².